The molecule has 0 unspecified atom stereocenters. The standard InChI is InChI=1S/C17H12O4/c18-15-10-14(11-6-2-1-3-7-11)17(20-15)13-9-5-4-8-12(13)16(19)21-17/h1-9,14H,10H2/t14-,17+/m0/s1. The Bertz CT molecular complexity index is 737. The van der Waals surface area contributed by atoms with Gasteiger partial charge in [-0.15, -0.1) is 0 Å². The van der Waals surface area contributed by atoms with Crippen LogP contribution in [0.4, 0.5) is 0 Å². The predicted molar refractivity (Wildman–Crippen MR) is 73.4 cm³/mol. The minimum absolute atomic E-state index is 0.200. The highest BCUT2D eigenvalue weighted by molar-refractivity contribution is 5.95. The molecule has 2 aromatic rings. The van der Waals surface area contributed by atoms with E-state index in [4.69, 9.17) is 9.47 Å². The van der Waals surface area contributed by atoms with Crippen molar-refractivity contribution in [1.29, 1.82) is 0 Å². The third kappa shape index (κ3) is 1.62. The van der Waals surface area contributed by atoms with E-state index in [0.29, 0.717) is 11.1 Å². The number of hydrogen-bond donors (Lipinski definition) is 0. The van der Waals surface area contributed by atoms with Gasteiger partial charge in [-0.05, 0) is 11.6 Å². The Labute approximate surface area is 121 Å². The van der Waals surface area contributed by atoms with Gasteiger partial charge in [-0.2, -0.15) is 0 Å². The summed E-state index contributed by atoms with van der Waals surface area (Å²) < 4.78 is 11.0. The molecular formula is C17H12O4. The highest BCUT2D eigenvalue weighted by Crippen LogP contribution is 2.52. The Hall–Kier alpha value is -2.62. The maximum Gasteiger partial charge on any atom is 0.342 e. The van der Waals surface area contributed by atoms with E-state index in [-0.39, 0.29) is 18.3 Å². The van der Waals surface area contributed by atoms with Crippen LogP contribution in [0.5, 0.6) is 0 Å². The molecule has 2 atom stereocenters. The highest BCUT2D eigenvalue weighted by atomic mass is 16.7. The molecule has 2 aromatic carbocycles. The summed E-state index contributed by atoms with van der Waals surface area (Å²) in [6, 6.07) is 16.6. The first-order chi connectivity index (χ1) is 10.2. The number of ether oxygens (including phenoxy) is 2. The zero-order chi connectivity index (χ0) is 14.4. The van der Waals surface area contributed by atoms with E-state index >= 15 is 0 Å². The molecule has 4 nitrogen and oxygen atoms in total. The van der Waals surface area contributed by atoms with Crippen molar-refractivity contribution in [1.82, 2.24) is 0 Å². The molecule has 0 amide bonds. The Morgan fingerprint density at radius 2 is 1.62 bits per heavy atom. The van der Waals surface area contributed by atoms with Crippen molar-refractivity contribution in [2.75, 3.05) is 0 Å². The molecule has 0 aliphatic carbocycles. The van der Waals surface area contributed by atoms with Crippen LogP contribution < -0.4 is 0 Å². The first kappa shape index (κ1) is 12.1. The molecule has 21 heavy (non-hydrogen) atoms. The molecule has 4 rings (SSSR count). The van der Waals surface area contributed by atoms with Gasteiger partial charge in [-0.25, -0.2) is 4.79 Å². The molecule has 104 valence electrons. The van der Waals surface area contributed by atoms with Gasteiger partial charge < -0.3 is 9.47 Å². The Balaban J connectivity index is 1.90. The minimum atomic E-state index is -1.31. The summed E-state index contributed by atoms with van der Waals surface area (Å²) in [7, 11) is 0. The van der Waals surface area contributed by atoms with Crippen LogP contribution in [0, 0.1) is 0 Å². The van der Waals surface area contributed by atoms with E-state index in [1.54, 1.807) is 18.2 Å². The zero-order valence-corrected chi connectivity index (χ0v) is 11.1. The minimum Gasteiger partial charge on any atom is -0.417 e. The van der Waals surface area contributed by atoms with Crippen LogP contribution in [-0.2, 0) is 20.1 Å². The van der Waals surface area contributed by atoms with E-state index in [1.165, 1.54) is 0 Å². The molecule has 2 heterocycles. The molecule has 0 bridgehead atoms. The number of fused-ring (bicyclic) bond motifs is 2. The van der Waals surface area contributed by atoms with Gasteiger partial charge in [-0.1, -0.05) is 48.5 Å². The van der Waals surface area contributed by atoms with Crippen molar-refractivity contribution in [3.63, 3.8) is 0 Å². The van der Waals surface area contributed by atoms with Crippen LogP contribution in [0.15, 0.2) is 54.6 Å². The van der Waals surface area contributed by atoms with Crippen molar-refractivity contribution < 1.29 is 19.1 Å². The zero-order valence-electron chi connectivity index (χ0n) is 11.1. The normalized spacial score (nSPS) is 26.6. The fourth-order valence-electron chi connectivity index (χ4n) is 3.15. The summed E-state index contributed by atoms with van der Waals surface area (Å²) in [5.41, 5.74) is 2.02. The lowest BCUT2D eigenvalue weighted by Crippen LogP contribution is -2.31. The van der Waals surface area contributed by atoms with E-state index in [1.807, 2.05) is 36.4 Å². The number of carbonyl (C=O) groups is 2. The van der Waals surface area contributed by atoms with Crippen LogP contribution in [0.25, 0.3) is 0 Å². The third-order valence-electron chi connectivity index (χ3n) is 4.06. The maximum absolute atomic E-state index is 12.1. The fourth-order valence-corrected chi connectivity index (χ4v) is 3.15. The lowest BCUT2D eigenvalue weighted by molar-refractivity contribution is -0.193. The number of esters is 2. The smallest absolute Gasteiger partial charge is 0.342 e. The quantitative estimate of drug-likeness (QED) is 0.754. The van der Waals surface area contributed by atoms with E-state index < -0.39 is 11.8 Å². The largest absolute Gasteiger partial charge is 0.417 e. The van der Waals surface area contributed by atoms with Gasteiger partial charge in [0, 0.05) is 0 Å². The van der Waals surface area contributed by atoms with Gasteiger partial charge >= 0.3 is 11.9 Å². The SMILES string of the molecule is O=C1C[C@@H](c2ccccc2)[C@]2(O1)OC(=O)c1ccccc12. The molecule has 0 saturated carbocycles. The van der Waals surface area contributed by atoms with Crippen molar-refractivity contribution in [2.24, 2.45) is 0 Å². The Morgan fingerprint density at radius 3 is 2.43 bits per heavy atom. The molecular weight excluding hydrogens is 268 g/mol. The van der Waals surface area contributed by atoms with Crippen molar-refractivity contribution in [3.8, 4) is 0 Å². The second-order valence-corrected chi connectivity index (χ2v) is 5.24. The molecule has 1 saturated heterocycles. The lowest BCUT2D eigenvalue weighted by atomic mass is 9.85. The van der Waals surface area contributed by atoms with Crippen LogP contribution >= 0.6 is 0 Å². The summed E-state index contributed by atoms with van der Waals surface area (Å²) in [6.45, 7) is 0. The van der Waals surface area contributed by atoms with Crippen molar-refractivity contribution >= 4 is 11.9 Å². The van der Waals surface area contributed by atoms with Gasteiger partial charge in [0.25, 0.3) is 5.79 Å². The van der Waals surface area contributed by atoms with Gasteiger partial charge in [0.05, 0.1) is 23.5 Å². The Morgan fingerprint density at radius 1 is 0.905 bits per heavy atom. The third-order valence-corrected chi connectivity index (χ3v) is 4.06. The van der Waals surface area contributed by atoms with Crippen molar-refractivity contribution in [2.45, 2.75) is 18.1 Å². The summed E-state index contributed by atoms with van der Waals surface area (Å²) in [5, 5.41) is 0. The van der Waals surface area contributed by atoms with Gasteiger partial charge in [-0.3, -0.25) is 4.79 Å². The number of hydrogen-bond acceptors (Lipinski definition) is 4. The van der Waals surface area contributed by atoms with Gasteiger partial charge in [0.1, 0.15) is 0 Å². The van der Waals surface area contributed by atoms with Gasteiger partial charge in [0.2, 0.25) is 0 Å². The van der Waals surface area contributed by atoms with Crippen LogP contribution in [0.3, 0.4) is 0 Å². The molecule has 2 aliphatic heterocycles. The average molecular weight is 280 g/mol. The van der Waals surface area contributed by atoms with Crippen LogP contribution in [-0.4, -0.2) is 11.9 Å². The molecule has 2 aliphatic rings. The topological polar surface area (TPSA) is 52.6 Å². The number of benzene rings is 2. The van der Waals surface area contributed by atoms with E-state index in [0.717, 1.165) is 5.56 Å². The summed E-state index contributed by atoms with van der Waals surface area (Å²) in [5.74, 6) is -2.43. The lowest BCUT2D eigenvalue weighted by Gasteiger charge is -2.28. The monoisotopic (exact) mass is 280 g/mol. The average Bonchev–Trinajstić information content (AvgIpc) is 2.99. The van der Waals surface area contributed by atoms with Crippen LogP contribution in [0.2, 0.25) is 0 Å². The second-order valence-electron chi connectivity index (χ2n) is 5.24. The highest BCUT2D eigenvalue weighted by Gasteiger charge is 2.59. The predicted octanol–water partition coefficient (Wildman–Crippen LogP) is 2.74. The molecule has 1 fully saturated rings. The molecule has 0 radical (unpaired) electrons. The second kappa shape index (κ2) is 4.19. The maximum atomic E-state index is 12.1. The molecule has 1 spiro atoms. The number of rotatable bonds is 1. The number of carbonyl (C=O) groups excluding carboxylic acids is 2. The first-order valence-corrected chi connectivity index (χ1v) is 6.80. The van der Waals surface area contributed by atoms with Crippen LogP contribution in [0.1, 0.15) is 33.8 Å². The van der Waals surface area contributed by atoms with E-state index in [2.05, 4.69) is 0 Å². The van der Waals surface area contributed by atoms with Crippen molar-refractivity contribution in [3.05, 3.63) is 71.3 Å². The molecule has 4 heteroatoms. The van der Waals surface area contributed by atoms with Gasteiger partial charge in [0.15, 0.2) is 0 Å². The first-order valence-electron chi connectivity index (χ1n) is 6.80. The van der Waals surface area contributed by atoms with E-state index in [9.17, 15) is 9.59 Å². The molecule has 0 N–H and O–H groups in total. The fraction of sp³-hybridized carbons (Fsp3) is 0.176. The Kier molecular flexibility index (Phi) is 2.42. The summed E-state index contributed by atoms with van der Waals surface area (Å²) >= 11 is 0. The summed E-state index contributed by atoms with van der Waals surface area (Å²) in [6.07, 6.45) is 0.200. The summed E-state index contributed by atoms with van der Waals surface area (Å²) in [4.78, 5) is 24.0. The molecule has 0 aromatic heterocycles.